The van der Waals surface area contributed by atoms with Gasteiger partial charge in [0.05, 0.1) is 5.92 Å². The maximum absolute atomic E-state index is 15.0. The number of ether oxygens (including phenoxy) is 1. The van der Waals surface area contributed by atoms with Gasteiger partial charge in [0.25, 0.3) is 0 Å². The number of hydrogen-bond acceptors (Lipinski definition) is 2. The Morgan fingerprint density at radius 2 is 1.60 bits per heavy atom. The molecule has 0 bridgehead atoms. The van der Waals surface area contributed by atoms with Crippen molar-refractivity contribution in [3.8, 4) is 5.75 Å². The summed E-state index contributed by atoms with van der Waals surface area (Å²) in [6.45, 7) is 3.75. The third-order valence-corrected chi connectivity index (χ3v) is 6.78. The molecule has 1 unspecified atom stereocenters. The minimum Gasteiger partial charge on any atom is -0.423 e. The summed E-state index contributed by atoms with van der Waals surface area (Å²) in [6.07, 6.45) is 6.22. The Hall–Kier alpha value is -2.30. The molecule has 0 radical (unpaired) electrons. The Morgan fingerprint density at radius 3 is 2.30 bits per heavy atom. The molecule has 1 saturated carbocycles. The molecule has 2 aliphatic rings. The predicted octanol–water partition coefficient (Wildman–Crippen LogP) is 6.73. The summed E-state index contributed by atoms with van der Waals surface area (Å²) in [5.74, 6) is -3.57. The predicted molar refractivity (Wildman–Crippen MR) is 109 cm³/mol. The first-order valence-corrected chi connectivity index (χ1v) is 10.9. The van der Waals surface area contributed by atoms with Gasteiger partial charge in [0, 0.05) is 5.56 Å². The van der Waals surface area contributed by atoms with Crippen molar-refractivity contribution in [2.75, 3.05) is 0 Å². The maximum atomic E-state index is 15.0. The normalized spacial score (nSPS) is 23.8. The number of aryl methyl sites for hydroxylation is 1. The molecule has 2 nitrogen and oxygen atoms in total. The average molecular weight is 416 g/mol. The largest absolute Gasteiger partial charge is 0.423 e. The minimum atomic E-state index is -0.985. The Morgan fingerprint density at radius 1 is 0.933 bits per heavy atom. The van der Waals surface area contributed by atoms with E-state index in [-0.39, 0.29) is 23.7 Å². The molecule has 0 saturated heterocycles. The number of halogens is 3. The molecule has 1 atom stereocenters. The van der Waals surface area contributed by atoms with Crippen LogP contribution in [0.25, 0.3) is 0 Å². The summed E-state index contributed by atoms with van der Waals surface area (Å²) in [7, 11) is 0. The van der Waals surface area contributed by atoms with Crippen LogP contribution in [-0.2, 0) is 11.2 Å². The third kappa shape index (κ3) is 3.75. The van der Waals surface area contributed by atoms with E-state index in [4.69, 9.17) is 4.74 Å². The molecule has 0 aromatic heterocycles. The second kappa shape index (κ2) is 8.44. The lowest BCUT2D eigenvalue weighted by molar-refractivity contribution is -0.137. The van der Waals surface area contributed by atoms with Gasteiger partial charge in [-0.25, -0.2) is 13.2 Å². The van der Waals surface area contributed by atoms with Crippen molar-refractivity contribution >= 4 is 5.97 Å². The summed E-state index contributed by atoms with van der Waals surface area (Å²) in [5.41, 5.74) is 1.24. The molecule has 0 spiro atoms. The van der Waals surface area contributed by atoms with Gasteiger partial charge >= 0.3 is 5.97 Å². The second-order valence-corrected chi connectivity index (χ2v) is 8.74. The van der Waals surface area contributed by atoms with Gasteiger partial charge < -0.3 is 4.74 Å². The van der Waals surface area contributed by atoms with Crippen LogP contribution in [-0.4, -0.2) is 5.97 Å². The molecule has 1 aliphatic heterocycles. The molecular formula is C25H27F3O2. The fourth-order valence-corrected chi connectivity index (χ4v) is 5.01. The Labute approximate surface area is 175 Å². The Kier molecular flexibility index (Phi) is 5.90. The monoisotopic (exact) mass is 416 g/mol. The molecule has 2 aromatic carbocycles. The van der Waals surface area contributed by atoms with E-state index in [0.717, 1.165) is 32.1 Å². The van der Waals surface area contributed by atoms with E-state index in [0.29, 0.717) is 22.6 Å². The van der Waals surface area contributed by atoms with Crippen molar-refractivity contribution in [3.05, 3.63) is 64.0 Å². The number of benzene rings is 2. The fourth-order valence-electron chi connectivity index (χ4n) is 5.01. The highest BCUT2D eigenvalue weighted by Gasteiger charge is 2.35. The van der Waals surface area contributed by atoms with Crippen LogP contribution in [0, 0.1) is 30.3 Å². The van der Waals surface area contributed by atoms with Crippen molar-refractivity contribution in [1.29, 1.82) is 0 Å². The van der Waals surface area contributed by atoms with E-state index in [9.17, 15) is 13.6 Å². The standard InChI is InChI=1S/C25H27F3O2/c1-3-4-15-6-9-16(10-7-15)18-11-12-19(23(28)22(18)27)20-13-17-8-5-14(2)21(26)24(17)30-25(20)29/h5,8,11-12,15-16,20H,3-4,6-7,9-10,13H2,1-2H3. The zero-order valence-corrected chi connectivity index (χ0v) is 17.4. The summed E-state index contributed by atoms with van der Waals surface area (Å²) >= 11 is 0. The van der Waals surface area contributed by atoms with E-state index in [1.54, 1.807) is 25.1 Å². The van der Waals surface area contributed by atoms with Crippen molar-refractivity contribution in [3.63, 3.8) is 0 Å². The summed E-state index contributed by atoms with van der Waals surface area (Å²) in [5, 5.41) is 0. The molecular weight excluding hydrogens is 389 g/mol. The van der Waals surface area contributed by atoms with Crippen LogP contribution in [0.4, 0.5) is 13.2 Å². The number of carbonyl (C=O) groups excluding carboxylic acids is 1. The number of hydrogen-bond donors (Lipinski definition) is 0. The van der Waals surface area contributed by atoms with Gasteiger partial charge in [0.1, 0.15) is 0 Å². The quantitative estimate of drug-likeness (QED) is 0.408. The Bertz CT molecular complexity index is 961. The van der Waals surface area contributed by atoms with E-state index in [1.165, 1.54) is 12.5 Å². The summed E-state index contributed by atoms with van der Waals surface area (Å²) in [4.78, 5) is 12.5. The first-order valence-electron chi connectivity index (χ1n) is 10.9. The van der Waals surface area contributed by atoms with Crippen molar-refractivity contribution in [2.24, 2.45) is 5.92 Å². The topological polar surface area (TPSA) is 26.3 Å². The van der Waals surface area contributed by atoms with E-state index < -0.39 is 29.3 Å². The number of rotatable bonds is 4. The van der Waals surface area contributed by atoms with Crippen LogP contribution in [0.3, 0.4) is 0 Å². The molecule has 5 heteroatoms. The zero-order valence-electron chi connectivity index (χ0n) is 17.4. The van der Waals surface area contributed by atoms with Gasteiger partial charge in [-0.05, 0) is 67.6 Å². The van der Waals surface area contributed by atoms with Crippen molar-refractivity contribution in [1.82, 2.24) is 0 Å². The molecule has 0 amide bonds. The van der Waals surface area contributed by atoms with Crippen LogP contribution in [0.15, 0.2) is 24.3 Å². The van der Waals surface area contributed by atoms with Crippen LogP contribution in [0.5, 0.6) is 5.75 Å². The van der Waals surface area contributed by atoms with Crippen LogP contribution < -0.4 is 4.74 Å². The maximum Gasteiger partial charge on any atom is 0.319 e. The molecule has 30 heavy (non-hydrogen) atoms. The lowest BCUT2D eigenvalue weighted by atomic mass is 9.76. The highest BCUT2D eigenvalue weighted by atomic mass is 19.2. The fraction of sp³-hybridized carbons (Fsp3) is 0.480. The lowest BCUT2D eigenvalue weighted by Gasteiger charge is -2.29. The van der Waals surface area contributed by atoms with Gasteiger partial charge in [-0.2, -0.15) is 0 Å². The number of fused-ring (bicyclic) bond motifs is 1. The summed E-state index contributed by atoms with van der Waals surface area (Å²) in [6, 6.07) is 6.40. The average Bonchev–Trinajstić information content (AvgIpc) is 2.74. The number of carbonyl (C=O) groups is 1. The van der Waals surface area contributed by atoms with Crippen molar-refractivity contribution in [2.45, 2.75) is 70.6 Å². The lowest BCUT2D eigenvalue weighted by Crippen LogP contribution is -2.28. The first kappa shape index (κ1) is 21.0. The van der Waals surface area contributed by atoms with E-state index in [1.807, 2.05) is 0 Å². The molecule has 1 fully saturated rings. The molecule has 4 rings (SSSR count). The van der Waals surface area contributed by atoms with Crippen LogP contribution >= 0.6 is 0 Å². The van der Waals surface area contributed by atoms with Gasteiger partial charge in [0.2, 0.25) is 0 Å². The minimum absolute atomic E-state index is 0.0118. The van der Waals surface area contributed by atoms with Gasteiger partial charge in [0.15, 0.2) is 23.2 Å². The van der Waals surface area contributed by atoms with Gasteiger partial charge in [-0.1, -0.05) is 44.0 Å². The van der Waals surface area contributed by atoms with E-state index in [2.05, 4.69) is 6.92 Å². The first-order chi connectivity index (χ1) is 14.4. The molecule has 1 aliphatic carbocycles. The number of esters is 1. The van der Waals surface area contributed by atoms with Gasteiger partial charge in [-0.3, -0.25) is 4.79 Å². The SMILES string of the molecule is CCCC1CCC(c2ccc(C3Cc4ccc(C)c(F)c4OC3=O)c(F)c2F)CC1. The molecule has 160 valence electrons. The highest BCUT2D eigenvalue weighted by Crippen LogP contribution is 2.41. The van der Waals surface area contributed by atoms with Crippen LogP contribution in [0.2, 0.25) is 0 Å². The van der Waals surface area contributed by atoms with Gasteiger partial charge in [-0.15, -0.1) is 0 Å². The molecule has 2 aromatic rings. The Balaban J connectivity index is 1.58. The third-order valence-electron chi connectivity index (χ3n) is 6.78. The smallest absolute Gasteiger partial charge is 0.319 e. The molecule has 1 heterocycles. The van der Waals surface area contributed by atoms with E-state index >= 15 is 4.39 Å². The summed E-state index contributed by atoms with van der Waals surface area (Å²) < 4.78 is 49.5. The zero-order chi connectivity index (χ0) is 21.4. The van der Waals surface area contributed by atoms with Crippen molar-refractivity contribution < 1.29 is 22.7 Å². The second-order valence-electron chi connectivity index (χ2n) is 8.74. The highest BCUT2D eigenvalue weighted by molar-refractivity contribution is 5.83. The van der Waals surface area contributed by atoms with Crippen LogP contribution in [0.1, 0.15) is 79.5 Å². The molecule has 0 N–H and O–H groups in total.